The van der Waals surface area contributed by atoms with Crippen molar-refractivity contribution in [2.24, 2.45) is 0 Å². The molecule has 3 atom stereocenters. The summed E-state index contributed by atoms with van der Waals surface area (Å²) in [5, 5.41) is 11.9. The topological polar surface area (TPSA) is 105 Å². The van der Waals surface area contributed by atoms with Gasteiger partial charge in [-0.25, -0.2) is 4.79 Å². The molecule has 2 aliphatic rings. The number of benzene rings is 2. The van der Waals surface area contributed by atoms with Crippen LogP contribution in [0.5, 0.6) is 0 Å². The molecule has 8 heteroatoms. The van der Waals surface area contributed by atoms with Gasteiger partial charge in [-0.2, -0.15) is 0 Å². The molecule has 0 bridgehead atoms. The number of hydrogen-bond donors (Lipinski definition) is 2. The molecule has 180 valence electrons. The van der Waals surface area contributed by atoms with E-state index in [1.54, 1.807) is 4.90 Å². The minimum Gasteiger partial charge on any atom is -0.481 e. The molecule has 34 heavy (non-hydrogen) atoms. The molecule has 8 nitrogen and oxygen atoms in total. The Hall–Kier alpha value is -3.39. The van der Waals surface area contributed by atoms with Crippen molar-refractivity contribution in [2.45, 2.75) is 50.8 Å². The molecule has 0 radical (unpaired) electrons. The van der Waals surface area contributed by atoms with Gasteiger partial charge in [-0.1, -0.05) is 55.5 Å². The Morgan fingerprint density at radius 2 is 1.74 bits per heavy atom. The number of nitrogens with one attached hydrogen (secondary N) is 1. The quantitative estimate of drug-likeness (QED) is 0.648. The highest BCUT2D eigenvalue weighted by Gasteiger charge is 2.36. The number of alkyl carbamates (subject to hydrolysis) is 1. The molecule has 1 heterocycles. The van der Waals surface area contributed by atoms with E-state index in [2.05, 4.69) is 5.32 Å². The van der Waals surface area contributed by atoms with Gasteiger partial charge in [0.1, 0.15) is 12.6 Å². The Bertz CT molecular complexity index is 1030. The first kappa shape index (κ1) is 23.8. The fraction of sp³-hybridized carbons (Fsp3) is 0.423. The molecular formula is C26H30N2O6. The summed E-state index contributed by atoms with van der Waals surface area (Å²) in [6.07, 6.45) is -0.823. The summed E-state index contributed by atoms with van der Waals surface area (Å²) in [6, 6.07) is 14.6. The van der Waals surface area contributed by atoms with E-state index in [0.29, 0.717) is 19.6 Å². The monoisotopic (exact) mass is 466 g/mol. The van der Waals surface area contributed by atoms with Crippen LogP contribution in [0.25, 0.3) is 11.1 Å². The van der Waals surface area contributed by atoms with Gasteiger partial charge < -0.3 is 24.8 Å². The van der Waals surface area contributed by atoms with E-state index in [0.717, 1.165) is 22.3 Å². The molecule has 2 aromatic rings. The van der Waals surface area contributed by atoms with Gasteiger partial charge in [0, 0.05) is 12.5 Å². The van der Waals surface area contributed by atoms with Crippen LogP contribution in [-0.2, 0) is 19.1 Å². The number of ether oxygens (including phenoxy) is 2. The molecular weight excluding hydrogens is 436 g/mol. The lowest BCUT2D eigenvalue weighted by atomic mass is 9.98. The third-order valence-electron chi connectivity index (χ3n) is 6.53. The summed E-state index contributed by atoms with van der Waals surface area (Å²) in [4.78, 5) is 39.0. The number of carbonyl (C=O) groups is 3. The fourth-order valence-corrected chi connectivity index (χ4v) is 4.81. The first-order chi connectivity index (χ1) is 16.4. The highest BCUT2D eigenvalue weighted by molar-refractivity contribution is 5.89. The van der Waals surface area contributed by atoms with Crippen molar-refractivity contribution in [2.75, 3.05) is 19.8 Å². The molecule has 4 rings (SSSR count). The number of hydrogen-bond acceptors (Lipinski definition) is 5. The van der Waals surface area contributed by atoms with Gasteiger partial charge in [0.25, 0.3) is 0 Å². The summed E-state index contributed by atoms with van der Waals surface area (Å²) in [5.41, 5.74) is 4.36. The first-order valence-electron chi connectivity index (χ1n) is 11.6. The van der Waals surface area contributed by atoms with Crippen LogP contribution in [0.2, 0.25) is 0 Å². The van der Waals surface area contributed by atoms with E-state index in [9.17, 15) is 19.5 Å². The molecule has 3 unspecified atom stereocenters. The van der Waals surface area contributed by atoms with Crippen LogP contribution < -0.4 is 5.32 Å². The van der Waals surface area contributed by atoms with Gasteiger partial charge >= 0.3 is 12.1 Å². The number of carboxylic acids is 1. The number of fused-ring (bicyclic) bond motifs is 3. The predicted molar refractivity (Wildman–Crippen MR) is 125 cm³/mol. The smallest absolute Gasteiger partial charge is 0.407 e. The van der Waals surface area contributed by atoms with Crippen LogP contribution in [0, 0.1) is 0 Å². The van der Waals surface area contributed by atoms with Crippen molar-refractivity contribution in [3.05, 3.63) is 59.7 Å². The molecule has 2 N–H and O–H groups in total. The SMILES string of the molecule is CCC1COC(C)CN1C(=O)C(CC(=O)O)NC(=O)OCC1c2ccccc2-c2ccccc21. The van der Waals surface area contributed by atoms with Crippen molar-refractivity contribution in [1.29, 1.82) is 0 Å². The van der Waals surface area contributed by atoms with Crippen molar-refractivity contribution < 1.29 is 29.0 Å². The first-order valence-corrected chi connectivity index (χ1v) is 11.6. The van der Waals surface area contributed by atoms with Crippen LogP contribution in [0.15, 0.2) is 48.5 Å². The normalized spacial score (nSPS) is 20.2. The van der Waals surface area contributed by atoms with E-state index < -0.39 is 30.4 Å². The second-order valence-corrected chi connectivity index (χ2v) is 8.82. The van der Waals surface area contributed by atoms with Crippen LogP contribution in [0.1, 0.15) is 43.7 Å². The summed E-state index contributed by atoms with van der Waals surface area (Å²) in [5.74, 6) is -1.74. The number of carboxylic acid groups (broad SMARTS) is 1. The van der Waals surface area contributed by atoms with E-state index >= 15 is 0 Å². The lowest BCUT2D eigenvalue weighted by molar-refractivity contribution is -0.150. The van der Waals surface area contributed by atoms with Crippen LogP contribution in [-0.4, -0.2) is 65.9 Å². The summed E-state index contributed by atoms with van der Waals surface area (Å²) in [7, 11) is 0. The standard InChI is InChI=1S/C26H30N2O6/c1-3-17-14-33-16(2)13-28(17)25(31)23(12-24(29)30)27-26(32)34-15-22-20-10-6-4-8-18(20)19-9-5-7-11-21(19)22/h4-11,16-17,22-23H,3,12-15H2,1-2H3,(H,27,32)(H,29,30). The van der Waals surface area contributed by atoms with E-state index in [1.807, 2.05) is 62.4 Å². The number of carbonyl (C=O) groups excluding carboxylic acids is 2. The Labute approximate surface area is 198 Å². The molecule has 1 saturated heterocycles. The van der Waals surface area contributed by atoms with Crippen LogP contribution >= 0.6 is 0 Å². The summed E-state index contributed by atoms with van der Waals surface area (Å²) >= 11 is 0. The zero-order valence-corrected chi connectivity index (χ0v) is 19.4. The maximum atomic E-state index is 13.2. The Morgan fingerprint density at radius 1 is 1.12 bits per heavy atom. The second kappa shape index (κ2) is 10.3. The van der Waals surface area contributed by atoms with Crippen LogP contribution in [0.3, 0.4) is 0 Å². The summed E-state index contributed by atoms with van der Waals surface area (Å²) < 4.78 is 11.2. The van der Waals surface area contributed by atoms with Gasteiger partial charge in [0.2, 0.25) is 5.91 Å². The van der Waals surface area contributed by atoms with Crippen molar-refractivity contribution >= 4 is 18.0 Å². The number of morpholine rings is 1. The lowest BCUT2D eigenvalue weighted by Crippen LogP contribution is -2.57. The third-order valence-corrected chi connectivity index (χ3v) is 6.53. The van der Waals surface area contributed by atoms with Gasteiger partial charge in [-0.05, 0) is 35.6 Å². The second-order valence-electron chi connectivity index (χ2n) is 8.82. The van der Waals surface area contributed by atoms with Gasteiger partial charge in [-0.15, -0.1) is 0 Å². The Balaban J connectivity index is 1.45. The molecule has 1 fully saturated rings. The number of aliphatic carboxylic acids is 1. The number of nitrogens with zero attached hydrogens (tertiary/aromatic N) is 1. The molecule has 1 aliphatic carbocycles. The average Bonchev–Trinajstić information content (AvgIpc) is 3.15. The molecule has 2 amide bonds. The molecule has 1 aliphatic heterocycles. The summed E-state index contributed by atoms with van der Waals surface area (Å²) in [6.45, 7) is 4.61. The highest BCUT2D eigenvalue weighted by Crippen LogP contribution is 2.44. The highest BCUT2D eigenvalue weighted by atomic mass is 16.5. The van der Waals surface area contributed by atoms with E-state index in [-0.39, 0.29) is 24.7 Å². The number of rotatable bonds is 7. The van der Waals surface area contributed by atoms with Crippen molar-refractivity contribution in [3.63, 3.8) is 0 Å². The molecule has 0 saturated carbocycles. The third kappa shape index (κ3) is 4.92. The zero-order valence-electron chi connectivity index (χ0n) is 19.4. The van der Waals surface area contributed by atoms with Crippen LogP contribution in [0.4, 0.5) is 4.79 Å². The maximum absolute atomic E-state index is 13.2. The maximum Gasteiger partial charge on any atom is 0.407 e. The molecule has 0 aromatic heterocycles. The molecule has 0 spiro atoms. The van der Waals surface area contributed by atoms with E-state index in [1.165, 1.54) is 0 Å². The van der Waals surface area contributed by atoms with E-state index in [4.69, 9.17) is 9.47 Å². The minimum atomic E-state index is -1.22. The van der Waals surface area contributed by atoms with Crippen molar-refractivity contribution in [3.8, 4) is 11.1 Å². The molecule has 2 aromatic carbocycles. The average molecular weight is 467 g/mol. The predicted octanol–water partition coefficient (Wildman–Crippen LogP) is 3.39. The van der Waals surface area contributed by atoms with Gasteiger partial charge in [0.15, 0.2) is 0 Å². The lowest BCUT2D eigenvalue weighted by Gasteiger charge is -2.39. The van der Waals surface area contributed by atoms with Gasteiger partial charge in [0.05, 0.1) is 25.2 Å². The fourth-order valence-electron chi connectivity index (χ4n) is 4.81. The largest absolute Gasteiger partial charge is 0.481 e. The Morgan fingerprint density at radius 3 is 2.32 bits per heavy atom. The minimum absolute atomic E-state index is 0.0833. The number of amides is 2. The van der Waals surface area contributed by atoms with Gasteiger partial charge in [-0.3, -0.25) is 9.59 Å². The zero-order chi connectivity index (χ0) is 24.2. The Kier molecular flexibility index (Phi) is 7.17. The van der Waals surface area contributed by atoms with Crippen molar-refractivity contribution in [1.82, 2.24) is 10.2 Å².